The number of benzene rings is 1. The fourth-order valence-corrected chi connectivity index (χ4v) is 4.89. The maximum absolute atomic E-state index is 13.0. The number of Topliss-reactive ketones (excluding diaryl/α,β-unsaturated/α-hetero) is 1. The second-order valence-electron chi connectivity index (χ2n) is 8.54. The Morgan fingerprint density at radius 2 is 1.63 bits per heavy atom. The van der Waals surface area contributed by atoms with Crippen LogP contribution in [0.4, 0.5) is 5.82 Å². The van der Waals surface area contributed by atoms with Gasteiger partial charge in [-0.25, -0.2) is 9.97 Å². The van der Waals surface area contributed by atoms with E-state index in [1.807, 2.05) is 29.2 Å². The number of halogens is 1. The van der Waals surface area contributed by atoms with Crippen LogP contribution in [0.3, 0.4) is 0 Å². The summed E-state index contributed by atoms with van der Waals surface area (Å²) in [4.78, 5) is 38.7. The number of amides is 1. The van der Waals surface area contributed by atoms with Crippen molar-refractivity contribution >= 4 is 33.4 Å². The third-order valence-electron chi connectivity index (χ3n) is 6.53. The van der Waals surface area contributed by atoms with Gasteiger partial charge in [-0.1, -0.05) is 15.9 Å². The van der Waals surface area contributed by atoms with E-state index in [0.29, 0.717) is 30.4 Å². The first kappa shape index (κ1) is 19.7. The second kappa shape index (κ2) is 8.10. The van der Waals surface area contributed by atoms with Gasteiger partial charge in [-0.3, -0.25) is 9.59 Å². The number of anilines is 1. The van der Waals surface area contributed by atoms with Gasteiger partial charge >= 0.3 is 0 Å². The minimum atomic E-state index is 0.0386. The van der Waals surface area contributed by atoms with Gasteiger partial charge in [0.15, 0.2) is 0 Å². The molecule has 2 fully saturated rings. The maximum Gasteiger partial charge on any atom is 0.254 e. The van der Waals surface area contributed by atoms with Gasteiger partial charge in [0, 0.05) is 53.5 Å². The van der Waals surface area contributed by atoms with Crippen molar-refractivity contribution in [3.05, 3.63) is 51.9 Å². The summed E-state index contributed by atoms with van der Waals surface area (Å²) in [5.74, 6) is 2.00. The number of carbonyl (C=O) groups is 2. The summed E-state index contributed by atoms with van der Waals surface area (Å²) in [5.41, 5.74) is 2.79. The molecule has 3 aliphatic rings. The van der Waals surface area contributed by atoms with Gasteiger partial charge in [-0.2, -0.15) is 0 Å². The molecule has 2 aliphatic heterocycles. The molecule has 5 rings (SSSR count). The van der Waals surface area contributed by atoms with E-state index in [0.717, 1.165) is 66.7 Å². The van der Waals surface area contributed by atoms with Crippen molar-refractivity contribution in [2.75, 3.05) is 24.5 Å². The molecular weight excluding hydrogens is 444 g/mol. The summed E-state index contributed by atoms with van der Waals surface area (Å²) < 4.78 is 0.960. The molecule has 0 N–H and O–H groups in total. The number of aromatic nitrogens is 2. The molecule has 0 radical (unpaired) electrons. The Labute approximate surface area is 184 Å². The van der Waals surface area contributed by atoms with Crippen molar-refractivity contribution in [2.45, 2.75) is 38.6 Å². The van der Waals surface area contributed by atoms with Crippen LogP contribution in [0.2, 0.25) is 0 Å². The minimum Gasteiger partial charge on any atom is -0.356 e. The van der Waals surface area contributed by atoms with E-state index < -0.39 is 0 Å². The molecule has 0 spiro atoms. The summed E-state index contributed by atoms with van der Waals surface area (Å²) in [5, 5.41) is 0. The fourth-order valence-electron chi connectivity index (χ4n) is 4.62. The average Bonchev–Trinajstić information content (AvgIpc) is 3.63. The highest BCUT2D eigenvalue weighted by molar-refractivity contribution is 9.10. The highest BCUT2D eigenvalue weighted by Crippen LogP contribution is 2.36. The van der Waals surface area contributed by atoms with Gasteiger partial charge in [0.2, 0.25) is 0 Å². The van der Waals surface area contributed by atoms with Crippen molar-refractivity contribution in [2.24, 2.45) is 11.8 Å². The van der Waals surface area contributed by atoms with Gasteiger partial charge in [-0.15, -0.1) is 0 Å². The minimum absolute atomic E-state index is 0.0386. The number of carbonyl (C=O) groups excluding carboxylic acids is 2. The van der Waals surface area contributed by atoms with E-state index in [4.69, 9.17) is 0 Å². The predicted octanol–water partition coefficient (Wildman–Crippen LogP) is 3.63. The van der Waals surface area contributed by atoms with Gasteiger partial charge < -0.3 is 9.80 Å². The van der Waals surface area contributed by atoms with Crippen LogP contribution in [0, 0.1) is 11.8 Å². The number of nitrogens with zero attached hydrogens (tertiary/aromatic N) is 4. The smallest absolute Gasteiger partial charge is 0.254 e. The van der Waals surface area contributed by atoms with Gasteiger partial charge in [-0.05, 0) is 49.9 Å². The fraction of sp³-hybridized carbons (Fsp3) is 0.478. The van der Waals surface area contributed by atoms with Crippen molar-refractivity contribution < 1.29 is 9.59 Å². The van der Waals surface area contributed by atoms with Gasteiger partial charge in [0.05, 0.1) is 12.2 Å². The third kappa shape index (κ3) is 3.87. The number of rotatable bonds is 4. The summed E-state index contributed by atoms with van der Waals surface area (Å²) in [6.07, 6.45) is 6.35. The van der Waals surface area contributed by atoms with E-state index in [9.17, 15) is 9.59 Å². The second-order valence-corrected chi connectivity index (χ2v) is 9.46. The molecule has 1 saturated carbocycles. The average molecular weight is 469 g/mol. The van der Waals surface area contributed by atoms with Gasteiger partial charge in [0.25, 0.3) is 5.91 Å². The van der Waals surface area contributed by atoms with Crippen LogP contribution in [0.15, 0.2) is 35.1 Å². The van der Waals surface area contributed by atoms with Crippen molar-refractivity contribution in [3.8, 4) is 0 Å². The van der Waals surface area contributed by atoms with Crippen LogP contribution in [0.5, 0.6) is 0 Å². The Morgan fingerprint density at radius 1 is 0.933 bits per heavy atom. The summed E-state index contributed by atoms with van der Waals surface area (Å²) >= 11 is 3.42. The molecule has 1 aromatic carbocycles. The van der Waals surface area contributed by atoms with E-state index in [2.05, 4.69) is 30.8 Å². The van der Waals surface area contributed by atoms with Crippen LogP contribution in [-0.2, 0) is 17.8 Å². The van der Waals surface area contributed by atoms with Crippen molar-refractivity contribution in [1.29, 1.82) is 0 Å². The Kier molecular flexibility index (Phi) is 5.31. The Morgan fingerprint density at radius 3 is 2.33 bits per heavy atom. The molecule has 6 nitrogen and oxygen atoms in total. The standard InChI is InChI=1S/C23H25BrN4O2/c24-18-5-3-17(4-6-18)23(30)28-12-9-20-19(13-28)22(26-14-25-20)27-10-7-16(8-11-27)21(29)15-1-2-15/h3-6,14-16H,1-2,7-13H2. The van der Waals surface area contributed by atoms with E-state index >= 15 is 0 Å². The molecule has 0 atom stereocenters. The number of hydrogen-bond donors (Lipinski definition) is 0. The highest BCUT2D eigenvalue weighted by Gasteiger charge is 2.37. The number of ketones is 1. The number of piperidine rings is 1. The molecule has 1 saturated heterocycles. The zero-order valence-electron chi connectivity index (χ0n) is 16.9. The lowest BCUT2D eigenvalue weighted by Gasteiger charge is -2.36. The van der Waals surface area contributed by atoms with E-state index in [1.54, 1.807) is 6.33 Å². The van der Waals surface area contributed by atoms with Crippen molar-refractivity contribution in [1.82, 2.24) is 14.9 Å². The lowest BCUT2D eigenvalue weighted by molar-refractivity contribution is -0.124. The molecule has 1 aliphatic carbocycles. The zero-order valence-corrected chi connectivity index (χ0v) is 18.5. The zero-order chi connectivity index (χ0) is 20.7. The van der Waals surface area contributed by atoms with Crippen LogP contribution < -0.4 is 4.90 Å². The lowest BCUT2D eigenvalue weighted by atomic mass is 9.90. The molecule has 30 heavy (non-hydrogen) atoms. The Hall–Kier alpha value is -2.28. The Balaban J connectivity index is 1.32. The van der Waals surface area contributed by atoms with E-state index in [1.165, 1.54) is 0 Å². The summed E-state index contributed by atoms with van der Waals surface area (Å²) in [6, 6.07) is 7.50. The topological polar surface area (TPSA) is 66.4 Å². The predicted molar refractivity (Wildman–Crippen MR) is 117 cm³/mol. The third-order valence-corrected chi connectivity index (χ3v) is 7.06. The number of fused-ring (bicyclic) bond motifs is 1. The molecule has 0 bridgehead atoms. The molecular formula is C23H25BrN4O2. The molecule has 3 heterocycles. The molecule has 1 amide bonds. The molecule has 0 unspecified atom stereocenters. The summed E-state index contributed by atoms with van der Waals surface area (Å²) in [6.45, 7) is 2.87. The normalized spacial score (nSPS) is 19.5. The Bertz CT molecular complexity index is 966. The number of hydrogen-bond acceptors (Lipinski definition) is 5. The van der Waals surface area contributed by atoms with Gasteiger partial charge in [0.1, 0.15) is 17.9 Å². The van der Waals surface area contributed by atoms with Crippen LogP contribution in [-0.4, -0.2) is 46.2 Å². The van der Waals surface area contributed by atoms with Crippen molar-refractivity contribution in [3.63, 3.8) is 0 Å². The quantitative estimate of drug-likeness (QED) is 0.685. The van der Waals surface area contributed by atoms with Crippen LogP contribution in [0.25, 0.3) is 0 Å². The maximum atomic E-state index is 13.0. The molecule has 2 aromatic rings. The van der Waals surface area contributed by atoms with Crippen LogP contribution in [0.1, 0.15) is 47.3 Å². The summed E-state index contributed by atoms with van der Waals surface area (Å²) in [7, 11) is 0. The molecule has 7 heteroatoms. The highest BCUT2D eigenvalue weighted by atomic mass is 79.9. The first-order valence-corrected chi connectivity index (χ1v) is 11.6. The largest absolute Gasteiger partial charge is 0.356 e. The monoisotopic (exact) mass is 468 g/mol. The van der Waals surface area contributed by atoms with E-state index in [-0.39, 0.29) is 11.8 Å². The first-order chi connectivity index (χ1) is 14.6. The lowest BCUT2D eigenvalue weighted by Crippen LogP contribution is -2.41. The van der Waals surface area contributed by atoms with Crippen LogP contribution >= 0.6 is 15.9 Å². The SMILES string of the molecule is O=C(C1CC1)C1CCN(c2ncnc3c2CN(C(=O)c2ccc(Br)cc2)CC3)CC1. The molecule has 1 aromatic heterocycles. The first-order valence-electron chi connectivity index (χ1n) is 10.8. The molecule has 156 valence electrons.